The maximum absolute atomic E-state index is 11.1. The van der Waals surface area contributed by atoms with Crippen LogP contribution in [0.5, 0.6) is 0 Å². The number of carboxylic acids is 1. The Balaban J connectivity index is 2.20. The number of carbonyl (C=O) groups is 1. The van der Waals surface area contributed by atoms with Crippen molar-refractivity contribution in [3.8, 4) is 0 Å². The fraction of sp³-hybridized carbons (Fsp3) is 0.188. The molecule has 0 spiro atoms. The smallest absolute Gasteiger partial charge is 0.333 e. The average molecular weight is 288 g/mol. The lowest BCUT2D eigenvalue weighted by atomic mass is 10.1. The normalized spacial score (nSPS) is 12.1. The molecule has 0 saturated heterocycles. The molecule has 0 amide bonds. The quantitative estimate of drug-likeness (QED) is 0.884. The Labute approximate surface area is 122 Å². The Kier molecular flexibility index (Phi) is 5.21. The van der Waals surface area contributed by atoms with Crippen LogP contribution in [0.1, 0.15) is 5.56 Å². The Hall–Kier alpha value is -1.78. The van der Waals surface area contributed by atoms with Crippen molar-refractivity contribution in [1.82, 2.24) is 0 Å². The van der Waals surface area contributed by atoms with E-state index in [0.29, 0.717) is 6.42 Å². The van der Waals surface area contributed by atoms with Gasteiger partial charge in [-0.25, -0.2) is 4.79 Å². The first-order chi connectivity index (χ1) is 9.70. The third-order valence-corrected chi connectivity index (χ3v) is 4.03. The van der Waals surface area contributed by atoms with Crippen LogP contribution in [0.25, 0.3) is 0 Å². The molecule has 3 nitrogen and oxygen atoms in total. The van der Waals surface area contributed by atoms with Gasteiger partial charge in [-0.05, 0) is 23.8 Å². The topological polar surface area (TPSA) is 46.5 Å². The number of methoxy groups -OCH3 is 1. The highest BCUT2D eigenvalue weighted by Crippen LogP contribution is 2.30. The van der Waals surface area contributed by atoms with Crippen molar-refractivity contribution < 1.29 is 14.6 Å². The Bertz CT molecular complexity index is 569. The van der Waals surface area contributed by atoms with Gasteiger partial charge in [-0.3, -0.25) is 0 Å². The van der Waals surface area contributed by atoms with E-state index in [9.17, 15) is 4.79 Å². The fourth-order valence-electron chi connectivity index (χ4n) is 1.86. The van der Waals surface area contributed by atoms with Gasteiger partial charge >= 0.3 is 5.97 Å². The number of aliphatic carboxylic acids is 1. The maximum atomic E-state index is 11.1. The molecule has 2 rings (SSSR count). The van der Waals surface area contributed by atoms with Crippen molar-refractivity contribution in [2.24, 2.45) is 0 Å². The van der Waals surface area contributed by atoms with Crippen molar-refractivity contribution >= 4 is 17.7 Å². The second-order valence-electron chi connectivity index (χ2n) is 4.29. The highest BCUT2D eigenvalue weighted by atomic mass is 32.2. The number of ether oxygens (including phenoxy) is 1. The van der Waals surface area contributed by atoms with Gasteiger partial charge in [0.15, 0.2) is 6.10 Å². The monoisotopic (exact) mass is 288 g/mol. The second-order valence-corrected chi connectivity index (χ2v) is 5.40. The summed E-state index contributed by atoms with van der Waals surface area (Å²) < 4.78 is 5.01. The lowest BCUT2D eigenvalue weighted by molar-refractivity contribution is -0.148. The molecule has 0 fully saturated rings. The summed E-state index contributed by atoms with van der Waals surface area (Å²) in [6, 6.07) is 17.8. The van der Waals surface area contributed by atoms with E-state index in [4.69, 9.17) is 9.84 Å². The molecule has 20 heavy (non-hydrogen) atoms. The first-order valence-electron chi connectivity index (χ1n) is 6.27. The SMILES string of the molecule is COC(Cc1ccccc1Sc1ccccc1)C(=O)O. The zero-order chi connectivity index (χ0) is 14.4. The van der Waals surface area contributed by atoms with Gasteiger partial charge in [0.05, 0.1) is 0 Å². The van der Waals surface area contributed by atoms with Crippen LogP contribution in [0.2, 0.25) is 0 Å². The van der Waals surface area contributed by atoms with Gasteiger partial charge in [0.25, 0.3) is 0 Å². The predicted molar refractivity (Wildman–Crippen MR) is 79.1 cm³/mol. The minimum absolute atomic E-state index is 0.363. The van der Waals surface area contributed by atoms with Crippen molar-refractivity contribution in [1.29, 1.82) is 0 Å². The van der Waals surface area contributed by atoms with Crippen LogP contribution in [0, 0.1) is 0 Å². The molecule has 0 heterocycles. The van der Waals surface area contributed by atoms with E-state index >= 15 is 0 Å². The minimum Gasteiger partial charge on any atom is -0.479 e. The van der Waals surface area contributed by atoms with Crippen LogP contribution < -0.4 is 0 Å². The Morgan fingerprint density at radius 2 is 1.80 bits per heavy atom. The van der Waals surface area contributed by atoms with Crippen LogP contribution in [-0.4, -0.2) is 24.3 Å². The van der Waals surface area contributed by atoms with E-state index in [1.165, 1.54) is 7.11 Å². The summed E-state index contributed by atoms with van der Waals surface area (Å²) in [5.41, 5.74) is 0.982. The van der Waals surface area contributed by atoms with Gasteiger partial charge in [0.2, 0.25) is 0 Å². The molecule has 2 aromatic carbocycles. The zero-order valence-corrected chi connectivity index (χ0v) is 12.0. The average Bonchev–Trinajstić information content (AvgIpc) is 2.47. The molecular weight excluding hydrogens is 272 g/mol. The van der Waals surface area contributed by atoms with Crippen LogP contribution in [-0.2, 0) is 16.0 Å². The Morgan fingerprint density at radius 3 is 2.45 bits per heavy atom. The van der Waals surface area contributed by atoms with Gasteiger partial charge in [-0.15, -0.1) is 0 Å². The molecule has 1 unspecified atom stereocenters. The lowest BCUT2D eigenvalue weighted by Gasteiger charge is -2.13. The first kappa shape index (κ1) is 14.6. The summed E-state index contributed by atoms with van der Waals surface area (Å²) in [6.07, 6.45) is -0.450. The molecule has 1 atom stereocenters. The van der Waals surface area contributed by atoms with Gasteiger partial charge in [0.1, 0.15) is 0 Å². The van der Waals surface area contributed by atoms with E-state index < -0.39 is 12.1 Å². The van der Waals surface area contributed by atoms with E-state index in [-0.39, 0.29) is 0 Å². The molecule has 1 N–H and O–H groups in total. The molecule has 104 valence electrons. The largest absolute Gasteiger partial charge is 0.479 e. The highest BCUT2D eigenvalue weighted by Gasteiger charge is 2.18. The second kappa shape index (κ2) is 7.12. The molecule has 0 aliphatic rings. The van der Waals surface area contributed by atoms with Gasteiger partial charge in [-0.2, -0.15) is 0 Å². The molecule has 0 aliphatic carbocycles. The van der Waals surface area contributed by atoms with E-state index in [1.54, 1.807) is 11.8 Å². The van der Waals surface area contributed by atoms with Crippen molar-refractivity contribution in [2.75, 3.05) is 7.11 Å². The predicted octanol–water partition coefficient (Wildman–Crippen LogP) is 3.48. The number of carboxylic acid groups (broad SMARTS) is 1. The van der Waals surface area contributed by atoms with Crippen molar-refractivity contribution in [3.05, 3.63) is 60.2 Å². The molecule has 0 radical (unpaired) electrons. The standard InChI is InChI=1S/C16H16O3S/c1-19-14(16(17)18)11-12-7-5-6-10-15(12)20-13-8-3-2-4-9-13/h2-10,14H,11H2,1H3,(H,17,18). The first-order valence-corrected chi connectivity index (χ1v) is 7.08. The van der Waals surface area contributed by atoms with Crippen LogP contribution in [0.3, 0.4) is 0 Å². The van der Waals surface area contributed by atoms with E-state index in [2.05, 4.69) is 0 Å². The van der Waals surface area contributed by atoms with Crippen LogP contribution >= 0.6 is 11.8 Å². The summed E-state index contributed by atoms with van der Waals surface area (Å²) >= 11 is 1.63. The molecule has 0 saturated carbocycles. The minimum atomic E-state index is -0.938. The summed E-state index contributed by atoms with van der Waals surface area (Å²) in [7, 11) is 1.42. The molecular formula is C16H16O3S. The van der Waals surface area contributed by atoms with Gasteiger partial charge in [0, 0.05) is 23.3 Å². The van der Waals surface area contributed by atoms with Crippen LogP contribution in [0.4, 0.5) is 0 Å². The molecule has 2 aromatic rings. The lowest BCUT2D eigenvalue weighted by Crippen LogP contribution is -2.25. The molecule has 0 aromatic heterocycles. The number of benzene rings is 2. The summed E-state index contributed by atoms with van der Waals surface area (Å²) in [5.74, 6) is -0.938. The molecule has 4 heteroatoms. The summed E-state index contributed by atoms with van der Waals surface area (Å²) in [4.78, 5) is 13.3. The van der Waals surface area contributed by atoms with E-state index in [1.807, 2.05) is 54.6 Å². The fourth-order valence-corrected chi connectivity index (χ4v) is 2.83. The summed E-state index contributed by atoms with van der Waals surface area (Å²) in [6.45, 7) is 0. The molecule has 0 bridgehead atoms. The number of hydrogen-bond donors (Lipinski definition) is 1. The van der Waals surface area contributed by atoms with Crippen molar-refractivity contribution in [3.63, 3.8) is 0 Å². The highest BCUT2D eigenvalue weighted by molar-refractivity contribution is 7.99. The molecule has 0 aliphatic heterocycles. The maximum Gasteiger partial charge on any atom is 0.333 e. The third-order valence-electron chi connectivity index (χ3n) is 2.91. The number of hydrogen-bond acceptors (Lipinski definition) is 3. The van der Waals surface area contributed by atoms with Crippen molar-refractivity contribution in [2.45, 2.75) is 22.3 Å². The van der Waals surface area contributed by atoms with E-state index in [0.717, 1.165) is 15.4 Å². The Morgan fingerprint density at radius 1 is 1.15 bits per heavy atom. The number of rotatable bonds is 6. The van der Waals surface area contributed by atoms with Gasteiger partial charge < -0.3 is 9.84 Å². The summed E-state index contributed by atoms with van der Waals surface area (Å²) in [5, 5.41) is 9.08. The van der Waals surface area contributed by atoms with Crippen LogP contribution in [0.15, 0.2) is 64.4 Å². The third kappa shape index (κ3) is 3.85. The van der Waals surface area contributed by atoms with Gasteiger partial charge in [-0.1, -0.05) is 48.2 Å². The zero-order valence-electron chi connectivity index (χ0n) is 11.2.